The van der Waals surface area contributed by atoms with E-state index in [1.165, 1.54) is 0 Å². The van der Waals surface area contributed by atoms with E-state index in [9.17, 15) is 4.79 Å². The van der Waals surface area contributed by atoms with Crippen LogP contribution in [-0.2, 0) is 10.3 Å². The zero-order chi connectivity index (χ0) is 12.3. The van der Waals surface area contributed by atoms with Gasteiger partial charge in [0.15, 0.2) is 0 Å². The molecule has 0 aliphatic rings. The summed E-state index contributed by atoms with van der Waals surface area (Å²) in [5.41, 5.74) is 0.905. The predicted molar refractivity (Wildman–Crippen MR) is 66.4 cm³/mol. The molecule has 0 atom stereocenters. The largest absolute Gasteiger partial charge is 0.344 e. The van der Waals surface area contributed by atoms with Crippen molar-refractivity contribution in [1.82, 2.24) is 15.3 Å². The maximum Gasteiger partial charge on any atom is 0.235 e. The van der Waals surface area contributed by atoms with Crippen LogP contribution in [0, 0.1) is 6.92 Å². The number of hydrogen-bond donors (Lipinski definition) is 1. The van der Waals surface area contributed by atoms with Gasteiger partial charge in [-0.15, -0.1) is 11.6 Å². The number of nitrogens with one attached hydrogen (secondary N) is 1. The van der Waals surface area contributed by atoms with Gasteiger partial charge in [0.05, 0.1) is 23.1 Å². The van der Waals surface area contributed by atoms with E-state index in [1.54, 1.807) is 6.20 Å². The van der Waals surface area contributed by atoms with Crippen LogP contribution in [0.2, 0.25) is 0 Å². The van der Waals surface area contributed by atoms with Crippen molar-refractivity contribution in [2.24, 2.45) is 0 Å². The van der Waals surface area contributed by atoms with Gasteiger partial charge < -0.3 is 5.32 Å². The third-order valence-electron chi connectivity index (χ3n) is 2.10. The minimum absolute atomic E-state index is 0.0631. The first-order chi connectivity index (χ1) is 7.36. The monoisotopic (exact) mass is 305 g/mol. The zero-order valence-corrected chi connectivity index (χ0v) is 11.7. The van der Waals surface area contributed by atoms with Gasteiger partial charge in [-0.25, -0.2) is 4.98 Å². The van der Waals surface area contributed by atoms with Gasteiger partial charge >= 0.3 is 0 Å². The van der Waals surface area contributed by atoms with Crippen molar-refractivity contribution in [3.63, 3.8) is 0 Å². The second-order valence-electron chi connectivity index (χ2n) is 3.94. The summed E-state index contributed by atoms with van der Waals surface area (Å²) in [6.45, 7) is 5.56. The average molecular weight is 307 g/mol. The van der Waals surface area contributed by atoms with Crippen molar-refractivity contribution in [3.05, 3.63) is 22.2 Å². The first-order valence-electron chi connectivity index (χ1n) is 4.73. The van der Waals surface area contributed by atoms with Crippen LogP contribution in [0.5, 0.6) is 0 Å². The minimum Gasteiger partial charge on any atom is -0.344 e. The van der Waals surface area contributed by atoms with Gasteiger partial charge in [0.2, 0.25) is 5.91 Å². The van der Waals surface area contributed by atoms with Crippen LogP contribution in [0.15, 0.2) is 10.8 Å². The average Bonchev–Trinajstić information content (AvgIpc) is 2.21. The fraction of sp³-hybridized carbons (Fsp3) is 0.500. The van der Waals surface area contributed by atoms with Gasteiger partial charge in [0, 0.05) is 0 Å². The lowest BCUT2D eigenvalue weighted by Crippen LogP contribution is -2.42. The fourth-order valence-electron chi connectivity index (χ4n) is 1.21. The van der Waals surface area contributed by atoms with Gasteiger partial charge in [-0.3, -0.25) is 9.78 Å². The van der Waals surface area contributed by atoms with E-state index >= 15 is 0 Å². The molecule has 1 N–H and O–H groups in total. The summed E-state index contributed by atoms with van der Waals surface area (Å²) < 4.78 is 0.704. The normalized spacial score (nSPS) is 11.3. The molecule has 0 radical (unpaired) electrons. The molecule has 1 aromatic heterocycles. The SMILES string of the molecule is Cc1nc(C(C)(C)NC(=O)CCl)cnc1Br. The number of halogens is 2. The van der Waals surface area contributed by atoms with Gasteiger partial charge in [0.1, 0.15) is 10.5 Å². The summed E-state index contributed by atoms with van der Waals surface area (Å²) in [4.78, 5) is 19.8. The Kier molecular flexibility index (Phi) is 4.27. The highest BCUT2D eigenvalue weighted by atomic mass is 79.9. The lowest BCUT2D eigenvalue weighted by Gasteiger charge is -2.25. The molecule has 0 fully saturated rings. The molecule has 0 spiro atoms. The predicted octanol–water partition coefficient (Wildman–Crippen LogP) is 2.14. The lowest BCUT2D eigenvalue weighted by atomic mass is 10.0. The summed E-state index contributed by atoms with van der Waals surface area (Å²) in [7, 11) is 0. The van der Waals surface area contributed by atoms with E-state index < -0.39 is 5.54 Å². The first-order valence-corrected chi connectivity index (χ1v) is 6.06. The smallest absolute Gasteiger partial charge is 0.235 e. The van der Waals surface area contributed by atoms with Crippen LogP contribution in [0.3, 0.4) is 0 Å². The number of aryl methyl sites for hydroxylation is 1. The quantitative estimate of drug-likeness (QED) is 0.871. The van der Waals surface area contributed by atoms with Crippen molar-refractivity contribution < 1.29 is 4.79 Å². The van der Waals surface area contributed by atoms with Crippen LogP contribution in [0.1, 0.15) is 25.2 Å². The molecular formula is C10H13BrClN3O. The summed E-state index contributed by atoms with van der Waals surface area (Å²) in [6.07, 6.45) is 1.63. The van der Waals surface area contributed by atoms with Gasteiger partial charge in [-0.05, 0) is 36.7 Å². The summed E-state index contributed by atoms with van der Waals surface area (Å²) >= 11 is 8.72. The molecule has 16 heavy (non-hydrogen) atoms. The number of alkyl halides is 1. The number of nitrogens with zero attached hydrogens (tertiary/aromatic N) is 2. The van der Waals surface area contributed by atoms with Gasteiger partial charge in [-0.2, -0.15) is 0 Å². The third-order valence-corrected chi connectivity index (χ3v) is 3.12. The van der Waals surface area contributed by atoms with Crippen molar-refractivity contribution in [2.45, 2.75) is 26.3 Å². The van der Waals surface area contributed by atoms with Crippen molar-refractivity contribution >= 4 is 33.4 Å². The Labute approximate surface area is 108 Å². The molecule has 0 aromatic carbocycles. The molecule has 0 saturated carbocycles. The molecule has 0 saturated heterocycles. The Morgan fingerprint density at radius 1 is 1.62 bits per heavy atom. The van der Waals surface area contributed by atoms with Crippen LogP contribution < -0.4 is 5.32 Å². The Morgan fingerprint density at radius 2 is 2.25 bits per heavy atom. The number of aromatic nitrogens is 2. The maximum absolute atomic E-state index is 11.3. The molecule has 0 unspecified atom stereocenters. The van der Waals surface area contributed by atoms with E-state index in [-0.39, 0.29) is 11.8 Å². The van der Waals surface area contributed by atoms with Gasteiger partial charge in [-0.1, -0.05) is 0 Å². The molecule has 6 heteroatoms. The third kappa shape index (κ3) is 3.15. The number of carbonyl (C=O) groups excluding carboxylic acids is 1. The van der Waals surface area contributed by atoms with Crippen molar-refractivity contribution in [2.75, 3.05) is 5.88 Å². The molecule has 0 bridgehead atoms. The lowest BCUT2D eigenvalue weighted by molar-refractivity contribution is -0.120. The molecule has 1 rings (SSSR count). The minimum atomic E-state index is -0.579. The molecule has 88 valence electrons. The Bertz CT molecular complexity index is 409. The number of rotatable bonds is 3. The summed E-state index contributed by atoms with van der Waals surface area (Å²) in [5, 5.41) is 2.78. The molecular weight excluding hydrogens is 293 g/mol. The zero-order valence-electron chi connectivity index (χ0n) is 9.34. The highest BCUT2D eigenvalue weighted by molar-refractivity contribution is 9.10. The fourth-order valence-corrected chi connectivity index (χ4v) is 1.47. The van der Waals surface area contributed by atoms with Crippen LogP contribution in [-0.4, -0.2) is 21.8 Å². The first kappa shape index (κ1) is 13.4. The Hall–Kier alpha value is -0.680. The molecule has 0 aliphatic carbocycles. The second-order valence-corrected chi connectivity index (χ2v) is 4.96. The van der Waals surface area contributed by atoms with Gasteiger partial charge in [0.25, 0.3) is 0 Å². The number of hydrogen-bond acceptors (Lipinski definition) is 3. The van der Waals surface area contributed by atoms with Crippen LogP contribution in [0.25, 0.3) is 0 Å². The standard InChI is InChI=1S/C10H13BrClN3O/c1-6-9(11)13-5-7(14-6)10(2,3)15-8(16)4-12/h5H,4H2,1-3H3,(H,15,16). The molecule has 0 aliphatic heterocycles. The molecule has 1 amide bonds. The summed E-state index contributed by atoms with van der Waals surface area (Å²) in [6, 6.07) is 0. The molecule has 1 aromatic rings. The number of carbonyl (C=O) groups is 1. The molecule has 4 nitrogen and oxygen atoms in total. The van der Waals surface area contributed by atoms with E-state index in [1.807, 2.05) is 20.8 Å². The second kappa shape index (κ2) is 5.10. The van der Waals surface area contributed by atoms with Crippen LogP contribution in [0.4, 0.5) is 0 Å². The number of amides is 1. The van der Waals surface area contributed by atoms with Crippen LogP contribution >= 0.6 is 27.5 Å². The Morgan fingerprint density at radius 3 is 2.75 bits per heavy atom. The highest BCUT2D eigenvalue weighted by Crippen LogP contribution is 2.19. The highest BCUT2D eigenvalue weighted by Gasteiger charge is 2.24. The van der Waals surface area contributed by atoms with E-state index in [0.717, 1.165) is 5.69 Å². The van der Waals surface area contributed by atoms with Crippen molar-refractivity contribution in [3.8, 4) is 0 Å². The van der Waals surface area contributed by atoms with E-state index in [2.05, 4.69) is 31.2 Å². The maximum atomic E-state index is 11.3. The Balaban J connectivity index is 2.97. The topological polar surface area (TPSA) is 54.9 Å². The van der Waals surface area contributed by atoms with Crippen molar-refractivity contribution in [1.29, 1.82) is 0 Å². The summed E-state index contributed by atoms with van der Waals surface area (Å²) in [5.74, 6) is -0.291. The van der Waals surface area contributed by atoms with E-state index in [0.29, 0.717) is 10.3 Å². The molecule has 1 heterocycles. The van der Waals surface area contributed by atoms with E-state index in [4.69, 9.17) is 11.6 Å².